The fourth-order valence-corrected chi connectivity index (χ4v) is 1.91. The minimum Gasteiger partial charge on any atom is -0.372 e. The minimum atomic E-state index is -0.862. The Bertz CT molecular complexity index is 634. The van der Waals surface area contributed by atoms with Gasteiger partial charge in [-0.3, -0.25) is 10.1 Å². The van der Waals surface area contributed by atoms with Crippen LogP contribution in [0.3, 0.4) is 0 Å². The molecule has 0 aliphatic carbocycles. The molecule has 0 unspecified atom stereocenters. The molecule has 0 saturated heterocycles. The summed E-state index contributed by atoms with van der Waals surface area (Å²) in [5.74, 6) is -0.862. The van der Waals surface area contributed by atoms with Crippen molar-refractivity contribution < 1.29 is 14.1 Å². The lowest BCUT2D eigenvalue weighted by atomic mass is 10.2. The number of ether oxygens (including phenoxy) is 1. The van der Waals surface area contributed by atoms with E-state index < -0.39 is 16.4 Å². The monoisotopic (exact) mass is 295 g/mol. The van der Waals surface area contributed by atoms with E-state index in [4.69, 9.17) is 16.3 Å². The van der Waals surface area contributed by atoms with Crippen molar-refractivity contribution in [1.82, 2.24) is 0 Å². The van der Waals surface area contributed by atoms with Crippen LogP contribution in [0.15, 0.2) is 42.5 Å². The first-order chi connectivity index (χ1) is 9.56. The molecule has 4 nitrogen and oxygen atoms in total. The van der Waals surface area contributed by atoms with Gasteiger partial charge < -0.3 is 4.74 Å². The minimum absolute atomic E-state index is 0.168. The Morgan fingerprint density at radius 2 is 1.85 bits per heavy atom. The average Bonchev–Trinajstić information content (AvgIpc) is 2.38. The van der Waals surface area contributed by atoms with Crippen LogP contribution in [0.4, 0.5) is 10.1 Å². The van der Waals surface area contributed by atoms with Gasteiger partial charge in [0.05, 0.1) is 18.1 Å². The van der Waals surface area contributed by atoms with Crippen molar-refractivity contribution in [3.05, 3.63) is 74.5 Å². The highest BCUT2D eigenvalue weighted by Gasteiger charge is 2.13. The maximum atomic E-state index is 13.4. The Hall–Kier alpha value is -1.98. The molecular weight excluding hydrogens is 285 g/mol. The van der Waals surface area contributed by atoms with Gasteiger partial charge in [0.2, 0.25) is 5.82 Å². The third-order valence-electron chi connectivity index (χ3n) is 2.64. The van der Waals surface area contributed by atoms with E-state index in [1.165, 1.54) is 6.07 Å². The first-order valence-electron chi connectivity index (χ1n) is 5.81. The van der Waals surface area contributed by atoms with Gasteiger partial charge in [-0.05, 0) is 35.4 Å². The van der Waals surface area contributed by atoms with E-state index in [-0.39, 0.29) is 6.61 Å². The van der Waals surface area contributed by atoms with Crippen molar-refractivity contribution in [2.24, 2.45) is 0 Å². The standard InChI is InChI=1S/C14H11ClFNO3/c15-12-3-1-2-10(6-12)8-20-9-11-4-5-14(17(18)19)13(16)7-11/h1-7H,8-9H2. The van der Waals surface area contributed by atoms with E-state index in [1.807, 2.05) is 12.1 Å². The quantitative estimate of drug-likeness (QED) is 0.616. The van der Waals surface area contributed by atoms with Gasteiger partial charge in [-0.1, -0.05) is 23.7 Å². The molecule has 0 radical (unpaired) electrons. The van der Waals surface area contributed by atoms with Gasteiger partial charge in [0.1, 0.15) is 0 Å². The number of rotatable bonds is 5. The molecule has 0 fully saturated rings. The molecule has 0 aliphatic heterocycles. The van der Waals surface area contributed by atoms with Crippen molar-refractivity contribution in [2.75, 3.05) is 0 Å². The van der Waals surface area contributed by atoms with Gasteiger partial charge in [-0.2, -0.15) is 4.39 Å². The highest BCUT2D eigenvalue weighted by atomic mass is 35.5. The number of benzene rings is 2. The van der Waals surface area contributed by atoms with Gasteiger partial charge in [0.15, 0.2) is 0 Å². The van der Waals surface area contributed by atoms with Crippen LogP contribution in [0, 0.1) is 15.9 Å². The number of halogens is 2. The van der Waals surface area contributed by atoms with Crippen molar-refractivity contribution in [2.45, 2.75) is 13.2 Å². The van der Waals surface area contributed by atoms with Crippen LogP contribution >= 0.6 is 11.6 Å². The Morgan fingerprint density at radius 1 is 1.15 bits per heavy atom. The second-order valence-electron chi connectivity index (χ2n) is 4.17. The molecule has 0 N–H and O–H groups in total. The van der Waals surface area contributed by atoms with E-state index in [1.54, 1.807) is 12.1 Å². The van der Waals surface area contributed by atoms with Crippen LogP contribution in [0.5, 0.6) is 0 Å². The highest BCUT2D eigenvalue weighted by Crippen LogP contribution is 2.19. The molecular formula is C14H11ClFNO3. The molecule has 0 atom stereocenters. The van der Waals surface area contributed by atoms with Gasteiger partial charge in [-0.25, -0.2) is 0 Å². The second-order valence-corrected chi connectivity index (χ2v) is 4.60. The van der Waals surface area contributed by atoms with Gasteiger partial charge >= 0.3 is 5.69 Å². The molecule has 0 spiro atoms. The summed E-state index contributed by atoms with van der Waals surface area (Å²) >= 11 is 5.84. The van der Waals surface area contributed by atoms with Crippen molar-refractivity contribution in [3.8, 4) is 0 Å². The molecule has 0 aromatic heterocycles. The number of nitro benzene ring substituents is 1. The Balaban J connectivity index is 1.94. The highest BCUT2D eigenvalue weighted by molar-refractivity contribution is 6.30. The summed E-state index contributed by atoms with van der Waals surface area (Å²) in [6.45, 7) is 0.501. The summed E-state index contributed by atoms with van der Waals surface area (Å²) < 4.78 is 18.8. The largest absolute Gasteiger partial charge is 0.372 e. The topological polar surface area (TPSA) is 52.4 Å². The third-order valence-corrected chi connectivity index (χ3v) is 2.87. The van der Waals surface area contributed by atoms with E-state index >= 15 is 0 Å². The summed E-state index contributed by atoms with van der Waals surface area (Å²) in [7, 11) is 0. The second kappa shape index (κ2) is 6.45. The fraction of sp³-hybridized carbons (Fsp3) is 0.143. The molecule has 6 heteroatoms. The van der Waals surface area contributed by atoms with Gasteiger partial charge in [-0.15, -0.1) is 0 Å². The maximum Gasteiger partial charge on any atom is 0.304 e. The Morgan fingerprint density at radius 3 is 2.45 bits per heavy atom. The zero-order valence-electron chi connectivity index (χ0n) is 10.4. The van der Waals surface area contributed by atoms with E-state index in [9.17, 15) is 14.5 Å². The first-order valence-corrected chi connectivity index (χ1v) is 6.19. The predicted molar refractivity (Wildman–Crippen MR) is 73.0 cm³/mol. The molecule has 2 aromatic carbocycles. The number of hydrogen-bond donors (Lipinski definition) is 0. The SMILES string of the molecule is O=[N+]([O-])c1ccc(COCc2cccc(Cl)c2)cc1F. The molecule has 104 valence electrons. The van der Waals surface area contributed by atoms with Gasteiger partial charge in [0, 0.05) is 11.1 Å². The van der Waals surface area contributed by atoms with Crippen LogP contribution < -0.4 is 0 Å². The van der Waals surface area contributed by atoms with Crippen LogP contribution in [-0.4, -0.2) is 4.92 Å². The van der Waals surface area contributed by atoms with Crippen molar-refractivity contribution in [1.29, 1.82) is 0 Å². The Labute approximate surface area is 119 Å². The molecule has 0 aliphatic rings. The van der Waals surface area contributed by atoms with Crippen LogP contribution in [0.2, 0.25) is 5.02 Å². The van der Waals surface area contributed by atoms with E-state index in [0.29, 0.717) is 17.2 Å². The summed E-state index contributed by atoms with van der Waals surface area (Å²) in [5.41, 5.74) is 0.901. The van der Waals surface area contributed by atoms with E-state index in [2.05, 4.69) is 0 Å². The molecule has 20 heavy (non-hydrogen) atoms. The molecule has 0 heterocycles. The molecule has 2 aromatic rings. The summed E-state index contributed by atoms with van der Waals surface area (Å²) in [6.07, 6.45) is 0. The van der Waals surface area contributed by atoms with Crippen molar-refractivity contribution in [3.63, 3.8) is 0 Å². The molecule has 2 rings (SSSR count). The summed E-state index contributed by atoms with van der Waals surface area (Å²) in [4.78, 5) is 9.73. The Kier molecular flexibility index (Phi) is 4.65. The summed E-state index contributed by atoms with van der Waals surface area (Å²) in [5, 5.41) is 11.1. The lowest BCUT2D eigenvalue weighted by molar-refractivity contribution is -0.387. The molecule has 0 amide bonds. The smallest absolute Gasteiger partial charge is 0.304 e. The lowest BCUT2D eigenvalue weighted by Gasteiger charge is -2.05. The van der Waals surface area contributed by atoms with Crippen LogP contribution in [0.25, 0.3) is 0 Å². The predicted octanol–water partition coefficient (Wildman–Crippen LogP) is 4.10. The third kappa shape index (κ3) is 3.76. The lowest BCUT2D eigenvalue weighted by Crippen LogP contribution is -1.97. The maximum absolute atomic E-state index is 13.4. The number of nitro groups is 1. The van der Waals surface area contributed by atoms with Gasteiger partial charge in [0.25, 0.3) is 0 Å². The first kappa shape index (κ1) is 14.4. The summed E-state index contributed by atoms with van der Waals surface area (Å²) in [6, 6.07) is 10.9. The zero-order valence-corrected chi connectivity index (χ0v) is 11.1. The fourth-order valence-electron chi connectivity index (χ4n) is 1.70. The van der Waals surface area contributed by atoms with Crippen molar-refractivity contribution >= 4 is 17.3 Å². The molecule has 0 bridgehead atoms. The average molecular weight is 296 g/mol. The number of hydrogen-bond acceptors (Lipinski definition) is 3. The molecule has 0 saturated carbocycles. The zero-order chi connectivity index (χ0) is 14.5. The van der Waals surface area contributed by atoms with Crippen LogP contribution in [-0.2, 0) is 18.0 Å². The number of nitrogens with zero attached hydrogens (tertiary/aromatic N) is 1. The van der Waals surface area contributed by atoms with Crippen LogP contribution in [0.1, 0.15) is 11.1 Å². The normalized spacial score (nSPS) is 10.5. The van der Waals surface area contributed by atoms with E-state index in [0.717, 1.165) is 17.7 Å².